The summed E-state index contributed by atoms with van der Waals surface area (Å²) in [5.74, 6) is -0.336. The van der Waals surface area contributed by atoms with Gasteiger partial charge in [-0.2, -0.15) is 5.26 Å². The van der Waals surface area contributed by atoms with Crippen LogP contribution in [-0.4, -0.2) is 19.0 Å². The molecule has 102 valence electrons. The second-order valence-electron chi connectivity index (χ2n) is 4.36. The van der Waals surface area contributed by atoms with E-state index in [0.29, 0.717) is 18.7 Å². The lowest BCUT2D eigenvalue weighted by atomic mass is 10.0. The molecule has 0 radical (unpaired) electrons. The molecular weight excluding hydrogens is 245 g/mol. The normalized spacial score (nSPS) is 11.7. The van der Waals surface area contributed by atoms with E-state index in [1.165, 1.54) is 13.0 Å². The SMILES string of the molecule is CC(=O)NCCCNC(C#N)c1ccc(F)c(C)c1. The van der Waals surface area contributed by atoms with Crippen molar-refractivity contribution >= 4 is 5.91 Å². The standard InChI is InChI=1S/C14H18FN3O/c1-10-8-12(4-5-13(10)15)14(9-16)18-7-3-6-17-11(2)19/h4-5,8,14,18H,3,6-7H2,1-2H3,(H,17,19). The molecule has 0 spiro atoms. The molecule has 0 fully saturated rings. The summed E-state index contributed by atoms with van der Waals surface area (Å²) < 4.78 is 13.2. The third-order valence-corrected chi connectivity index (χ3v) is 2.72. The lowest BCUT2D eigenvalue weighted by molar-refractivity contribution is -0.118. The van der Waals surface area contributed by atoms with Crippen molar-refractivity contribution in [2.45, 2.75) is 26.3 Å². The van der Waals surface area contributed by atoms with Gasteiger partial charge in [0.1, 0.15) is 11.9 Å². The van der Waals surface area contributed by atoms with Gasteiger partial charge in [-0.05, 0) is 37.1 Å². The number of nitrogens with one attached hydrogen (secondary N) is 2. The Hall–Kier alpha value is -1.93. The molecule has 0 heterocycles. The number of nitriles is 1. The number of hydrogen-bond donors (Lipinski definition) is 2. The zero-order chi connectivity index (χ0) is 14.3. The Morgan fingerprint density at radius 2 is 2.21 bits per heavy atom. The van der Waals surface area contributed by atoms with Crippen LogP contribution < -0.4 is 10.6 Å². The Bertz CT molecular complexity index is 482. The van der Waals surface area contributed by atoms with Crippen LogP contribution in [0.2, 0.25) is 0 Å². The second kappa shape index (κ2) is 7.49. The second-order valence-corrected chi connectivity index (χ2v) is 4.36. The minimum atomic E-state index is -0.461. The number of benzene rings is 1. The van der Waals surface area contributed by atoms with E-state index in [0.717, 1.165) is 12.0 Å². The van der Waals surface area contributed by atoms with Crippen molar-refractivity contribution in [3.63, 3.8) is 0 Å². The first-order valence-corrected chi connectivity index (χ1v) is 6.18. The smallest absolute Gasteiger partial charge is 0.216 e. The monoisotopic (exact) mass is 263 g/mol. The summed E-state index contributed by atoms with van der Waals surface area (Å²) in [5, 5.41) is 14.9. The average Bonchev–Trinajstić information content (AvgIpc) is 2.37. The molecule has 1 rings (SSSR count). The van der Waals surface area contributed by atoms with E-state index in [2.05, 4.69) is 16.7 Å². The lowest BCUT2D eigenvalue weighted by Gasteiger charge is -2.12. The first-order valence-electron chi connectivity index (χ1n) is 6.18. The van der Waals surface area contributed by atoms with E-state index in [4.69, 9.17) is 5.26 Å². The highest BCUT2D eigenvalue weighted by Gasteiger charge is 2.10. The van der Waals surface area contributed by atoms with E-state index >= 15 is 0 Å². The number of rotatable bonds is 6. The predicted molar refractivity (Wildman–Crippen MR) is 70.8 cm³/mol. The lowest BCUT2D eigenvalue weighted by Crippen LogP contribution is -2.27. The molecule has 1 amide bonds. The Morgan fingerprint density at radius 3 is 2.79 bits per heavy atom. The molecule has 5 heteroatoms. The van der Waals surface area contributed by atoms with Gasteiger partial charge in [0.15, 0.2) is 0 Å². The molecule has 0 bridgehead atoms. The van der Waals surface area contributed by atoms with E-state index in [1.807, 2.05) is 0 Å². The van der Waals surface area contributed by atoms with Crippen molar-refractivity contribution < 1.29 is 9.18 Å². The Balaban J connectivity index is 2.47. The van der Waals surface area contributed by atoms with Crippen LogP contribution in [0.1, 0.15) is 30.5 Å². The maximum Gasteiger partial charge on any atom is 0.216 e. The molecule has 0 saturated heterocycles. The number of carbonyl (C=O) groups is 1. The van der Waals surface area contributed by atoms with Crippen LogP contribution in [0.5, 0.6) is 0 Å². The van der Waals surface area contributed by atoms with Gasteiger partial charge in [0, 0.05) is 13.5 Å². The van der Waals surface area contributed by atoms with E-state index in [9.17, 15) is 9.18 Å². The zero-order valence-electron chi connectivity index (χ0n) is 11.2. The summed E-state index contributed by atoms with van der Waals surface area (Å²) in [7, 11) is 0. The van der Waals surface area contributed by atoms with Crippen molar-refractivity contribution in [2.75, 3.05) is 13.1 Å². The van der Waals surface area contributed by atoms with Gasteiger partial charge in [0.25, 0.3) is 0 Å². The van der Waals surface area contributed by atoms with Crippen LogP contribution in [0.3, 0.4) is 0 Å². The van der Waals surface area contributed by atoms with Gasteiger partial charge in [-0.3, -0.25) is 10.1 Å². The fourth-order valence-corrected chi connectivity index (χ4v) is 1.68. The molecular formula is C14H18FN3O. The highest BCUT2D eigenvalue weighted by Crippen LogP contribution is 2.16. The molecule has 0 aliphatic heterocycles. The molecule has 1 atom stereocenters. The summed E-state index contributed by atoms with van der Waals surface area (Å²) in [6.45, 7) is 4.31. The highest BCUT2D eigenvalue weighted by molar-refractivity contribution is 5.72. The third-order valence-electron chi connectivity index (χ3n) is 2.72. The molecule has 1 unspecified atom stereocenters. The van der Waals surface area contributed by atoms with Crippen LogP contribution in [0.15, 0.2) is 18.2 Å². The summed E-state index contributed by atoms with van der Waals surface area (Å²) in [5.41, 5.74) is 1.28. The number of hydrogen-bond acceptors (Lipinski definition) is 3. The maximum absolute atomic E-state index is 13.2. The van der Waals surface area contributed by atoms with Gasteiger partial charge in [-0.15, -0.1) is 0 Å². The van der Waals surface area contributed by atoms with E-state index in [-0.39, 0.29) is 11.7 Å². The minimum Gasteiger partial charge on any atom is -0.356 e. The molecule has 1 aromatic rings. The Labute approximate surface area is 112 Å². The van der Waals surface area contributed by atoms with Crippen LogP contribution in [0.25, 0.3) is 0 Å². The molecule has 4 nitrogen and oxygen atoms in total. The van der Waals surface area contributed by atoms with Crippen LogP contribution in [-0.2, 0) is 4.79 Å². The number of halogens is 1. The predicted octanol–water partition coefficient (Wildman–Crippen LogP) is 1.81. The summed E-state index contributed by atoms with van der Waals surface area (Å²) in [6.07, 6.45) is 0.734. The third kappa shape index (κ3) is 5.06. The number of aryl methyl sites for hydroxylation is 1. The van der Waals surface area contributed by atoms with Crippen LogP contribution >= 0.6 is 0 Å². The van der Waals surface area contributed by atoms with E-state index in [1.54, 1.807) is 19.1 Å². The van der Waals surface area contributed by atoms with E-state index < -0.39 is 6.04 Å². The van der Waals surface area contributed by atoms with Gasteiger partial charge >= 0.3 is 0 Å². The fraction of sp³-hybridized carbons (Fsp3) is 0.429. The van der Waals surface area contributed by atoms with Crippen molar-refractivity contribution in [1.29, 1.82) is 5.26 Å². The van der Waals surface area contributed by atoms with Gasteiger partial charge < -0.3 is 5.32 Å². The summed E-state index contributed by atoms with van der Waals surface area (Å²) in [4.78, 5) is 10.7. The summed E-state index contributed by atoms with van der Waals surface area (Å²) in [6, 6.07) is 6.33. The zero-order valence-corrected chi connectivity index (χ0v) is 11.2. The van der Waals surface area contributed by atoms with Crippen LogP contribution in [0.4, 0.5) is 4.39 Å². The highest BCUT2D eigenvalue weighted by atomic mass is 19.1. The van der Waals surface area contributed by atoms with Crippen molar-refractivity contribution in [3.8, 4) is 6.07 Å². The topological polar surface area (TPSA) is 64.9 Å². The molecule has 0 aliphatic carbocycles. The number of amides is 1. The molecule has 1 aromatic carbocycles. The van der Waals surface area contributed by atoms with Crippen molar-refractivity contribution in [2.24, 2.45) is 0 Å². The average molecular weight is 263 g/mol. The van der Waals surface area contributed by atoms with Crippen LogP contribution in [0, 0.1) is 24.1 Å². The van der Waals surface area contributed by atoms with Gasteiger partial charge in [-0.25, -0.2) is 4.39 Å². The quantitative estimate of drug-likeness (QED) is 0.769. The van der Waals surface area contributed by atoms with Gasteiger partial charge in [0.05, 0.1) is 6.07 Å². The Morgan fingerprint density at radius 1 is 1.47 bits per heavy atom. The first-order chi connectivity index (χ1) is 9.04. The number of carbonyl (C=O) groups excluding carboxylic acids is 1. The minimum absolute atomic E-state index is 0.0639. The molecule has 19 heavy (non-hydrogen) atoms. The summed E-state index contributed by atoms with van der Waals surface area (Å²) >= 11 is 0. The molecule has 0 aliphatic rings. The molecule has 0 aromatic heterocycles. The molecule has 0 saturated carbocycles. The first kappa shape index (κ1) is 15.1. The largest absolute Gasteiger partial charge is 0.356 e. The van der Waals surface area contributed by atoms with Crippen molar-refractivity contribution in [1.82, 2.24) is 10.6 Å². The fourth-order valence-electron chi connectivity index (χ4n) is 1.68. The van der Waals surface area contributed by atoms with Crippen molar-refractivity contribution in [3.05, 3.63) is 35.1 Å². The molecule has 2 N–H and O–H groups in total. The maximum atomic E-state index is 13.2. The van der Waals surface area contributed by atoms with Gasteiger partial charge in [-0.1, -0.05) is 12.1 Å². The Kier molecular flexibility index (Phi) is 5.97. The number of nitrogens with zero attached hydrogens (tertiary/aromatic N) is 1. The van der Waals surface area contributed by atoms with Gasteiger partial charge in [0.2, 0.25) is 5.91 Å².